The Hall–Kier alpha value is -1.77. The second-order valence-electron chi connectivity index (χ2n) is 6.99. The largest absolute Gasteiger partial charge is 0.481 e. The molecule has 24 heavy (non-hydrogen) atoms. The molecule has 1 unspecified atom stereocenters. The molecule has 0 spiro atoms. The number of carboxylic acid groups (broad SMARTS) is 1. The van der Waals surface area contributed by atoms with E-state index in [0.29, 0.717) is 5.92 Å². The highest BCUT2D eigenvalue weighted by molar-refractivity contribution is 5.66. The number of allylic oxidation sites excluding steroid dienone is 4. The standard InChI is InChI=1S/C21H32O3/c1-17(9-5-11-19(3)15-21(22)23)7-4-8-18(2)10-6-12-20-13-14-24-16-20/h4,7-8,13-14,16-17,19H,5-6,9-12,15H2,1-3H3,(H,22,23)/b7-4+,18-8+/t17-,19?/m1/s1. The number of hydrogen-bond acceptors (Lipinski definition) is 2. The van der Waals surface area contributed by atoms with Gasteiger partial charge in [0.1, 0.15) is 0 Å². The molecule has 134 valence electrons. The molecule has 1 heterocycles. The van der Waals surface area contributed by atoms with E-state index in [2.05, 4.69) is 32.1 Å². The topological polar surface area (TPSA) is 50.4 Å². The quantitative estimate of drug-likeness (QED) is 0.476. The highest BCUT2D eigenvalue weighted by atomic mass is 16.4. The predicted octanol–water partition coefficient (Wildman–Crippen LogP) is 6.02. The summed E-state index contributed by atoms with van der Waals surface area (Å²) in [7, 11) is 0. The highest BCUT2D eigenvalue weighted by Gasteiger charge is 2.07. The van der Waals surface area contributed by atoms with E-state index in [1.54, 1.807) is 6.26 Å². The van der Waals surface area contributed by atoms with Gasteiger partial charge < -0.3 is 9.52 Å². The maximum atomic E-state index is 10.6. The monoisotopic (exact) mass is 332 g/mol. The van der Waals surface area contributed by atoms with E-state index < -0.39 is 5.97 Å². The first-order valence-electron chi connectivity index (χ1n) is 9.04. The summed E-state index contributed by atoms with van der Waals surface area (Å²) >= 11 is 0. The zero-order valence-electron chi connectivity index (χ0n) is 15.3. The minimum absolute atomic E-state index is 0.274. The lowest BCUT2D eigenvalue weighted by Gasteiger charge is -2.10. The van der Waals surface area contributed by atoms with Crippen LogP contribution in [0.25, 0.3) is 0 Å². The molecule has 0 saturated carbocycles. The highest BCUT2D eigenvalue weighted by Crippen LogP contribution is 2.16. The molecule has 0 aliphatic rings. The summed E-state index contributed by atoms with van der Waals surface area (Å²) in [6.07, 6.45) is 17.0. The minimum atomic E-state index is -0.691. The molecule has 3 nitrogen and oxygen atoms in total. The summed E-state index contributed by atoms with van der Waals surface area (Å²) in [6.45, 7) is 6.42. The molecule has 0 aromatic carbocycles. The fourth-order valence-corrected chi connectivity index (χ4v) is 2.78. The predicted molar refractivity (Wildman–Crippen MR) is 99.0 cm³/mol. The van der Waals surface area contributed by atoms with Crippen molar-refractivity contribution in [2.24, 2.45) is 11.8 Å². The summed E-state index contributed by atoms with van der Waals surface area (Å²) < 4.78 is 5.07. The first-order chi connectivity index (χ1) is 11.5. The molecule has 0 aliphatic carbocycles. The fraction of sp³-hybridized carbons (Fsp3) is 0.571. The van der Waals surface area contributed by atoms with Crippen LogP contribution in [0.3, 0.4) is 0 Å². The second kappa shape index (κ2) is 11.7. The molecule has 0 saturated heterocycles. The fourth-order valence-electron chi connectivity index (χ4n) is 2.78. The zero-order valence-corrected chi connectivity index (χ0v) is 15.3. The van der Waals surface area contributed by atoms with Crippen LogP contribution >= 0.6 is 0 Å². The lowest BCUT2D eigenvalue weighted by molar-refractivity contribution is -0.138. The van der Waals surface area contributed by atoms with Crippen molar-refractivity contribution >= 4 is 5.97 Å². The third-order valence-corrected chi connectivity index (χ3v) is 4.32. The zero-order chi connectivity index (χ0) is 17.8. The van der Waals surface area contributed by atoms with Crippen molar-refractivity contribution in [1.29, 1.82) is 0 Å². The molecule has 1 N–H and O–H groups in total. The molecule has 1 aromatic rings. The molecule has 0 fully saturated rings. The van der Waals surface area contributed by atoms with Crippen LogP contribution in [0.2, 0.25) is 0 Å². The van der Waals surface area contributed by atoms with Crippen LogP contribution in [0.15, 0.2) is 46.8 Å². The van der Waals surface area contributed by atoms with Gasteiger partial charge in [-0.25, -0.2) is 0 Å². The van der Waals surface area contributed by atoms with Crippen LogP contribution in [0, 0.1) is 11.8 Å². The number of aliphatic carboxylic acids is 1. The van der Waals surface area contributed by atoms with Gasteiger partial charge in [0.15, 0.2) is 0 Å². The summed E-state index contributed by atoms with van der Waals surface area (Å²) in [5, 5.41) is 8.75. The van der Waals surface area contributed by atoms with Gasteiger partial charge in [0, 0.05) is 6.42 Å². The molecule has 2 atom stereocenters. The Morgan fingerprint density at radius 3 is 2.75 bits per heavy atom. The average molecular weight is 332 g/mol. The Morgan fingerprint density at radius 1 is 1.29 bits per heavy atom. The Kier molecular flexibility index (Phi) is 9.90. The summed E-state index contributed by atoms with van der Waals surface area (Å²) in [5.74, 6) is 0.122. The molecule has 1 rings (SSSR count). The van der Waals surface area contributed by atoms with Crippen LogP contribution in [0.5, 0.6) is 0 Å². The van der Waals surface area contributed by atoms with E-state index in [1.165, 1.54) is 11.1 Å². The van der Waals surface area contributed by atoms with E-state index in [4.69, 9.17) is 9.52 Å². The number of furan rings is 1. The van der Waals surface area contributed by atoms with E-state index in [-0.39, 0.29) is 12.3 Å². The maximum absolute atomic E-state index is 10.6. The SMILES string of the molecule is C/C(=C\C=C\[C@@H](C)CCCC(C)CC(=O)O)CCCc1ccoc1. The van der Waals surface area contributed by atoms with Crippen molar-refractivity contribution in [3.63, 3.8) is 0 Å². The first-order valence-corrected chi connectivity index (χ1v) is 9.04. The third kappa shape index (κ3) is 10.1. The average Bonchev–Trinajstić information content (AvgIpc) is 2.99. The Bertz CT molecular complexity index is 511. The summed E-state index contributed by atoms with van der Waals surface area (Å²) in [4.78, 5) is 10.6. The number of rotatable bonds is 12. The van der Waals surface area contributed by atoms with Crippen molar-refractivity contribution in [2.45, 2.75) is 65.7 Å². The van der Waals surface area contributed by atoms with E-state index in [1.807, 2.05) is 19.3 Å². The minimum Gasteiger partial charge on any atom is -0.481 e. The van der Waals surface area contributed by atoms with E-state index in [0.717, 1.165) is 38.5 Å². The van der Waals surface area contributed by atoms with Gasteiger partial charge >= 0.3 is 5.97 Å². The molecular formula is C21H32O3. The molecule has 0 aliphatic heterocycles. The number of hydrogen-bond donors (Lipinski definition) is 1. The molecular weight excluding hydrogens is 300 g/mol. The van der Waals surface area contributed by atoms with Crippen LogP contribution in [-0.4, -0.2) is 11.1 Å². The van der Waals surface area contributed by atoms with Crippen LogP contribution in [0.4, 0.5) is 0 Å². The third-order valence-electron chi connectivity index (χ3n) is 4.32. The smallest absolute Gasteiger partial charge is 0.303 e. The van der Waals surface area contributed by atoms with Gasteiger partial charge in [0.25, 0.3) is 0 Å². The van der Waals surface area contributed by atoms with Crippen LogP contribution in [-0.2, 0) is 11.2 Å². The van der Waals surface area contributed by atoms with E-state index in [9.17, 15) is 4.79 Å². The van der Waals surface area contributed by atoms with Crippen LogP contribution in [0.1, 0.15) is 64.9 Å². The number of aryl methyl sites for hydroxylation is 1. The van der Waals surface area contributed by atoms with Gasteiger partial charge in [-0.2, -0.15) is 0 Å². The summed E-state index contributed by atoms with van der Waals surface area (Å²) in [5.41, 5.74) is 2.67. The van der Waals surface area contributed by atoms with Crippen molar-refractivity contribution in [2.75, 3.05) is 0 Å². The Balaban J connectivity index is 2.15. The van der Waals surface area contributed by atoms with Crippen molar-refractivity contribution < 1.29 is 14.3 Å². The summed E-state index contributed by atoms with van der Waals surface area (Å²) in [6, 6.07) is 2.03. The Morgan fingerprint density at radius 2 is 2.08 bits per heavy atom. The van der Waals surface area contributed by atoms with Gasteiger partial charge in [-0.3, -0.25) is 4.79 Å². The lowest BCUT2D eigenvalue weighted by Crippen LogP contribution is -2.04. The second-order valence-corrected chi connectivity index (χ2v) is 6.99. The molecule has 1 aromatic heterocycles. The first kappa shape index (κ1) is 20.3. The normalized spacial score (nSPS) is 14.9. The van der Waals surface area contributed by atoms with Crippen molar-refractivity contribution in [3.8, 4) is 0 Å². The maximum Gasteiger partial charge on any atom is 0.303 e. The molecule has 0 bridgehead atoms. The number of carbonyl (C=O) groups is 1. The van der Waals surface area contributed by atoms with Gasteiger partial charge in [0.05, 0.1) is 12.5 Å². The Labute approximate surface area is 146 Å². The number of carboxylic acids is 1. The molecule has 3 heteroatoms. The molecule has 0 amide bonds. The van der Waals surface area contributed by atoms with Gasteiger partial charge in [-0.05, 0) is 56.1 Å². The van der Waals surface area contributed by atoms with Crippen molar-refractivity contribution in [1.82, 2.24) is 0 Å². The van der Waals surface area contributed by atoms with Gasteiger partial charge in [0.2, 0.25) is 0 Å². The van der Waals surface area contributed by atoms with Crippen LogP contribution < -0.4 is 0 Å². The van der Waals surface area contributed by atoms with E-state index >= 15 is 0 Å². The van der Waals surface area contributed by atoms with Gasteiger partial charge in [-0.1, -0.05) is 50.5 Å². The molecule has 0 radical (unpaired) electrons. The van der Waals surface area contributed by atoms with Gasteiger partial charge in [-0.15, -0.1) is 0 Å². The lowest BCUT2D eigenvalue weighted by atomic mass is 9.96. The van der Waals surface area contributed by atoms with Crippen molar-refractivity contribution in [3.05, 3.63) is 48.0 Å².